The van der Waals surface area contributed by atoms with Gasteiger partial charge in [0.05, 0.1) is 16.0 Å². The summed E-state index contributed by atoms with van der Waals surface area (Å²) in [5, 5.41) is 3.26. The largest absolute Gasteiger partial charge is 0.416 e. The van der Waals surface area contributed by atoms with E-state index in [4.69, 9.17) is 11.6 Å². The summed E-state index contributed by atoms with van der Waals surface area (Å²) in [5.41, 5.74) is 1.29. The first-order valence-electron chi connectivity index (χ1n) is 10.8. The Kier molecular flexibility index (Phi) is 8.33. The SMILES string of the molecule is CNc1ccc(Cl)cc1C(=O)N(CCc1cccc(C(F)(F)F)c1)Cc1ccc(S(=O)(=O)O)c(C)c1. The van der Waals surface area contributed by atoms with Crippen LogP contribution in [0.25, 0.3) is 0 Å². The van der Waals surface area contributed by atoms with E-state index in [0.29, 0.717) is 27.4 Å². The summed E-state index contributed by atoms with van der Waals surface area (Å²) in [6, 6.07) is 13.9. The molecule has 0 radical (unpaired) electrons. The number of hydrogen-bond acceptors (Lipinski definition) is 4. The van der Waals surface area contributed by atoms with Crippen LogP contribution in [0.4, 0.5) is 18.9 Å². The van der Waals surface area contributed by atoms with Gasteiger partial charge < -0.3 is 10.2 Å². The van der Waals surface area contributed by atoms with Crippen LogP contribution in [0.15, 0.2) is 65.6 Å². The second-order valence-electron chi connectivity index (χ2n) is 8.19. The fourth-order valence-electron chi connectivity index (χ4n) is 3.82. The highest BCUT2D eigenvalue weighted by molar-refractivity contribution is 7.85. The van der Waals surface area contributed by atoms with Gasteiger partial charge in [-0.3, -0.25) is 9.35 Å². The Bertz CT molecular complexity index is 1380. The normalized spacial score (nSPS) is 11.9. The number of benzene rings is 3. The highest BCUT2D eigenvalue weighted by Gasteiger charge is 2.30. The van der Waals surface area contributed by atoms with Crippen molar-refractivity contribution < 1.29 is 30.9 Å². The van der Waals surface area contributed by atoms with Gasteiger partial charge in [-0.25, -0.2) is 0 Å². The molecule has 0 atom stereocenters. The second kappa shape index (κ2) is 10.9. The highest BCUT2D eigenvalue weighted by Crippen LogP contribution is 2.30. The molecule has 0 bridgehead atoms. The van der Waals surface area contributed by atoms with Crippen LogP contribution in [0.1, 0.15) is 32.6 Å². The van der Waals surface area contributed by atoms with Gasteiger partial charge in [0.2, 0.25) is 0 Å². The van der Waals surface area contributed by atoms with E-state index in [9.17, 15) is 30.9 Å². The lowest BCUT2D eigenvalue weighted by molar-refractivity contribution is -0.137. The Labute approximate surface area is 212 Å². The number of anilines is 1. The van der Waals surface area contributed by atoms with E-state index >= 15 is 0 Å². The van der Waals surface area contributed by atoms with Crippen LogP contribution in [0.3, 0.4) is 0 Å². The standard InChI is InChI=1S/C25H24ClF3N2O4S/c1-16-12-18(6-9-23(16)36(33,34)35)15-31(24(32)21-14-20(26)7-8-22(21)30-2)11-10-17-4-3-5-19(13-17)25(27,28)29/h3-9,12-14,30H,10-11,15H2,1-2H3,(H,33,34,35). The van der Waals surface area contributed by atoms with Crippen molar-refractivity contribution in [2.24, 2.45) is 0 Å². The summed E-state index contributed by atoms with van der Waals surface area (Å²) in [7, 11) is -2.77. The number of hydrogen-bond donors (Lipinski definition) is 2. The number of carbonyl (C=O) groups is 1. The van der Waals surface area contributed by atoms with Gasteiger partial charge in [0.25, 0.3) is 16.0 Å². The minimum Gasteiger partial charge on any atom is -0.387 e. The molecule has 6 nitrogen and oxygen atoms in total. The molecule has 0 heterocycles. The van der Waals surface area contributed by atoms with Crippen LogP contribution < -0.4 is 5.32 Å². The lowest BCUT2D eigenvalue weighted by Crippen LogP contribution is -2.33. The summed E-state index contributed by atoms with van der Waals surface area (Å²) in [6.45, 7) is 1.63. The van der Waals surface area contributed by atoms with E-state index in [1.807, 2.05) is 0 Å². The van der Waals surface area contributed by atoms with Crippen molar-refractivity contribution in [2.75, 3.05) is 18.9 Å². The Hall–Kier alpha value is -3.08. The van der Waals surface area contributed by atoms with E-state index in [1.54, 1.807) is 25.2 Å². The summed E-state index contributed by atoms with van der Waals surface area (Å²) in [6.07, 6.45) is -4.34. The van der Waals surface area contributed by atoms with Crippen molar-refractivity contribution >= 4 is 33.3 Å². The van der Waals surface area contributed by atoms with Gasteiger partial charge in [0, 0.05) is 30.8 Å². The second-order valence-corrected chi connectivity index (χ2v) is 10.0. The molecule has 0 unspecified atom stereocenters. The van der Waals surface area contributed by atoms with E-state index in [0.717, 1.165) is 12.1 Å². The average Bonchev–Trinajstić information content (AvgIpc) is 2.80. The predicted molar refractivity (Wildman–Crippen MR) is 132 cm³/mol. The van der Waals surface area contributed by atoms with Gasteiger partial charge in [0.1, 0.15) is 0 Å². The smallest absolute Gasteiger partial charge is 0.387 e. The summed E-state index contributed by atoms with van der Waals surface area (Å²) >= 11 is 6.11. The van der Waals surface area contributed by atoms with Crippen LogP contribution >= 0.6 is 11.6 Å². The molecular formula is C25H24ClF3N2O4S. The molecule has 0 aromatic heterocycles. The number of carbonyl (C=O) groups excluding carboxylic acids is 1. The molecule has 3 aromatic rings. The maximum Gasteiger partial charge on any atom is 0.416 e. The van der Waals surface area contributed by atoms with E-state index in [2.05, 4.69) is 5.32 Å². The van der Waals surface area contributed by atoms with Crippen LogP contribution in [0, 0.1) is 6.92 Å². The van der Waals surface area contributed by atoms with E-state index in [1.165, 1.54) is 42.2 Å². The Balaban J connectivity index is 1.95. The zero-order valence-corrected chi connectivity index (χ0v) is 21.0. The first kappa shape index (κ1) is 27.5. The number of nitrogens with one attached hydrogen (secondary N) is 1. The fraction of sp³-hybridized carbons (Fsp3) is 0.240. The van der Waals surface area contributed by atoms with Crippen molar-refractivity contribution in [1.82, 2.24) is 4.90 Å². The Morgan fingerprint density at radius 1 is 1.06 bits per heavy atom. The van der Waals surface area contributed by atoms with Crippen LogP contribution in [-0.2, 0) is 29.3 Å². The molecule has 0 saturated carbocycles. The maximum absolute atomic E-state index is 13.6. The molecule has 0 saturated heterocycles. The lowest BCUT2D eigenvalue weighted by Gasteiger charge is -2.25. The van der Waals surface area contributed by atoms with Gasteiger partial charge in [-0.15, -0.1) is 0 Å². The van der Waals surface area contributed by atoms with Crippen molar-refractivity contribution in [2.45, 2.75) is 31.0 Å². The van der Waals surface area contributed by atoms with Crippen LogP contribution in [-0.4, -0.2) is 37.4 Å². The van der Waals surface area contributed by atoms with Crippen molar-refractivity contribution in [3.8, 4) is 0 Å². The van der Waals surface area contributed by atoms with Gasteiger partial charge in [0.15, 0.2) is 0 Å². The number of alkyl halides is 3. The minimum absolute atomic E-state index is 0.0417. The van der Waals surface area contributed by atoms with Crippen LogP contribution in [0.5, 0.6) is 0 Å². The third kappa shape index (κ3) is 6.77. The van der Waals surface area contributed by atoms with Crippen molar-refractivity contribution in [3.05, 3.63) is 93.5 Å². The fourth-order valence-corrected chi connectivity index (χ4v) is 4.70. The highest BCUT2D eigenvalue weighted by atomic mass is 35.5. The molecule has 0 spiro atoms. The molecule has 0 aliphatic rings. The quantitative estimate of drug-likeness (QED) is 0.350. The van der Waals surface area contributed by atoms with Crippen molar-refractivity contribution in [3.63, 3.8) is 0 Å². The topological polar surface area (TPSA) is 86.7 Å². The maximum atomic E-state index is 13.6. The molecule has 0 aliphatic heterocycles. The lowest BCUT2D eigenvalue weighted by atomic mass is 10.1. The Morgan fingerprint density at radius 2 is 1.78 bits per heavy atom. The van der Waals surface area contributed by atoms with E-state index < -0.39 is 27.8 Å². The molecule has 11 heteroatoms. The number of halogens is 4. The summed E-state index contributed by atoms with van der Waals surface area (Å²) in [5.74, 6) is -0.412. The number of nitrogens with zero attached hydrogens (tertiary/aromatic N) is 1. The van der Waals surface area contributed by atoms with Gasteiger partial charge in [-0.1, -0.05) is 41.9 Å². The average molecular weight is 541 g/mol. The minimum atomic E-state index is -4.49. The molecule has 192 valence electrons. The number of rotatable bonds is 8. The number of amides is 1. The molecule has 2 N–H and O–H groups in total. The molecule has 3 aromatic carbocycles. The Morgan fingerprint density at radius 3 is 2.39 bits per heavy atom. The first-order chi connectivity index (χ1) is 16.8. The van der Waals surface area contributed by atoms with Gasteiger partial charge >= 0.3 is 6.18 Å². The molecule has 1 amide bonds. The van der Waals surface area contributed by atoms with Gasteiger partial charge in [-0.2, -0.15) is 21.6 Å². The third-order valence-corrected chi connectivity index (χ3v) is 6.83. The zero-order chi connectivity index (χ0) is 26.7. The third-order valence-electron chi connectivity index (χ3n) is 5.58. The molecule has 36 heavy (non-hydrogen) atoms. The van der Waals surface area contributed by atoms with E-state index in [-0.39, 0.29) is 30.0 Å². The molecular weight excluding hydrogens is 517 g/mol. The molecule has 3 rings (SSSR count). The zero-order valence-electron chi connectivity index (χ0n) is 19.4. The summed E-state index contributed by atoms with van der Waals surface area (Å²) < 4.78 is 71.8. The molecule has 0 aliphatic carbocycles. The summed E-state index contributed by atoms with van der Waals surface area (Å²) in [4.78, 5) is 14.8. The number of aryl methyl sites for hydroxylation is 1. The van der Waals surface area contributed by atoms with Crippen LogP contribution in [0.2, 0.25) is 5.02 Å². The first-order valence-corrected chi connectivity index (χ1v) is 12.6. The monoisotopic (exact) mass is 540 g/mol. The van der Waals surface area contributed by atoms with Gasteiger partial charge in [-0.05, 0) is 60.4 Å². The van der Waals surface area contributed by atoms with Crippen molar-refractivity contribution in [1.29, 1.82) is 0 Å². The predicted octanol–water partition coefficient (Wildman–Crippen LogP) is 5.84. The molecule has 0 fully saturated rings.